The van der Waals surface area contributed by atoms with Gasteiger partial charge in [0.2, 0.25) is 0 Å². The summed E-state index contributed by atoms with van der Waals surface area (Å²) in [5, 5.41) is 20.3. The molecule has 0 aromatic carbocycles. The van der Waals surface area contributed by atoms with E-state index in [-0.39, 0.29) is 6.04 Å². The van der Waals surface area contributed by atoms with Crippen LogP contribution in [-0.2, 0) is 4.79 Å². The van der Waals surface area contributed by atoms with Crippen LogP contribution in [0.15, 0.2) is 0 Å². The molecule has 3 N–H and O–H groups in total. The summed E-state index contributed by atoms with van der Waals surface area (Å²) in [4.78, 5) is 10.5. The second-order valence-electron chi connectivity index (χ2n) is 2.88. The second-order valence-corrected chi connectivity index (χ2v) is 2.88. The summed E-state index contributed by atoms with van der Waals surface area (Å²) < 4.78 is 0. The van der Waals surface area contributed by atoms with Gasteiger partial charge in [-0.1, -0.05) is 13.8 Å². The van der Waals surface area contributed by atoms with Crippen molar-refractivity contribution in [2.45, 2.75) is 39.0 Å². The molecule has 0 unspecified atom stereocenters. The van der Waals surface area contributed by atoms with Gasteiger partial charge in [0.1, 0.15) is 6.04 Å². The van der Waals surface area contributed by atoms with Crippen molar-refractivity contribution < 1.29 is 15.0 Å². The summed E-state index contributed by atoms with van der Waals surface area (Å²) >= 11 is 0. The molecular formula is C7H15NO3. The third-order valence-corrected chi connectivity index (χ3v) is 1.26. The number of carboxylic acids is 1. The topological polar surface area (TPSA) is 69.6 Å². The fraction of sp³-hybridized carbons (Fsp3) is 0.857. The summed E-state index contributed by atoms with van der Waals surface area (Å²) in [6.07, 6.45) is -0.866. The van der Waals surface area contributed by atoms with Crippen molar-refractivity contribution in [3.05, 3.63) is 0 Å². The lowest BCUT2D eigenvalue weighted by molar-refractivity contribution is -0.142. The minimum atomic E-state index is -1.02. The molecule has 0 aliphatic rings. The molecule has 0 saturated carbocycles. The van der Waals surface area contributed by atoms with Crippen LogP contribution in [0.2, 0.25) is 0 Å². The Morgan fingerprint density at radius 2 is 1.82 bits per heavy atom. The van der Waals surface area contributed by atoms with E-state index in [9.17, 15) is 4.79 Å². The maximum absolute atomic E-state index is 10.5. The van der Waals surface area contributed by atoms with E-state index < -0.39 is 18.1 Å². The minimum Gasteiger partial charge on any atom is -0.480 e. The molecule has 0 bridgehead atoms. The maximum Gasteiger partial charge on any atom is 0.323 e. The first-order chi connectivity index (χ1) is 4.95. The highest BCUT2D eigenvalue weighted by atomic mass is 16.4. The summed E-state index contributed by atoms with van der Waals surface area (Å²) in [6.45, 7) is 5.12. The predicted octanol–water partition coefficient (Wildman–Crippen LogP) is -0.182. The van der Waals surface area contributed by atoms with E-state index in [1.165, 1.54) is 6.92 Å². The largest absolute Gasteiger partial charge is 0.480 e. The van der Waals surface area contributed by atoms with E-state index in [2.05, 4.69) is 5.32 Å². The Labute approximate surface area is 66.2 Å². The van der Waals surface area contributed by atoms with Gasteiger partial charge in [0.15, 0.2) is 0 Å². The first-order valence-electron chi connectivity index (χ1n) is 3.62. The van der Waals surface area contributed by atoms with Gasteiger partial charge in [-0.05, 0) is 6.92 Å². The van der Waals surface area contributed by atoms with Crippen LogP contribution in [0.5, 0.6) is 0 Å². The fourth-order valence-electron chi connectivity index (χ4n) is 0.776. The summed E-state index contributed by atoms with van der Waals surface area (Å²) in [7, 11) is 0. The molecule has 11 heavy (non-hydrogen) atoms. The molecule has 0 fully saturated rings. The number of carboxylic acid groups (broad SMARTS) is 1. The van der Waals surface area contributed by atoms with E-state index in [1.54, 1.807) is 0 Å². The highest BCUT2D eigenvalue weighted by Gasteiger charge is 2.22. The standard InChI is InChI=1S/C7H15NO3/c1-4(2)8-6(5(3)9)7(10)11/h4-6,8-9H,1-3H3,(H,10,11)/t5-,6+/m1/s1. The van der Waals surface area contributed by atoms with Crippen molar-refractivity contribution in [2.75, 3.05) is 0 Å². The molecule has 0 spiro atoms. The van der Waals surface area contributed by atoms with Crippen molar-refractivity contribution in [3.63, 3.8) is 0 Å². The molecular weight excluding hydrogens is 146 g/mol. The number of aliphatic carboxylic acids is 1. The number of nitrogens with one attached hydrogen (secondary N) is 1. The zero-order chi connectivity index (χ0) is 9.02. The molecule has 0 aromatic heterocycles. The van der Waals surface area contributed by atoms with Crippen molar-refractivity contribution in [2.24, 2.45) is 0 Å². The molecule has 0 aromatic rings. The lowest BCUT2D eigenvalue weighted by atomic mass is 10.1. The van der Waals surface area contributed by atoms with Crippen molar-refractivity contribution in [1.82, 2.24) is 5.32 Å². The van der Waals surface area contributed by atoms with Crippen molar-refractivity contribution in [1.29, 1.82) is 0 Å². The Hall–Kier alpha value is -0.610. The SMILES string of the molecule is CC(C)N[C@H](C(=O)O)[C@@H](C)O. The molecule has 4 nitrogen and oxygen atoms in total. The van der Waals surface area contributed by atoms with Crippen LogP contribution in [0.4, 0.5) is 0 Å². The van der Waals surface area contributed by atoms with Crippen molar-refractivity contribution >= 4 is 5.97 Å². The van der Waals surface area contributed by atoms with Crippen LogP contribution >= 0.6 is 0 Å². The molecule has 0 radical (unpaired) electrons. The first kappa shape index (κ1) is 10.4. The number of hydrogen-bond acceptors (Lipinski definition) is 3. The van der Waals surface area contributed by atoms with Gasteiger partial charge >= 0.3 is 5.97 Å². The molecule has 66 valence electrons. The normalized spacial score (nSPS) is 16.5. The molecule has 0 aliphatic heterocycles. The van der Waals surface area contributed by atoms with Crippen LogP contribution in [0, 0.1) is 0 Å². The van der Waals surface area contributed by atoms with Crippen LogP contribution < -0.4 is 5.32 Å². The van der Waals surface area contributed by atoms with Crippen LogP contribution in [0.1, 0.15) is 20.8 Å². The van der Waals surface area contributed by atoms with Gasteiger partial charge < -0.3 is 15.5 Å². The number of aliphatic hydroxyl groups excluding tert-OH is 1. The average Bonchev–Trinajstić information content (AvgIpc) is 1.81. The van der Waals surface area contributed by atoms with Crippen LogP contribution in [0.25, 0.3) is 0 Å². The predicted molar refractivity (Wildman–Crippen MR) is 41.4 cm³/mol. The Balaban J connectivity index is 4.01. The van der Waals surface area contributed by atoms with Gasteiger partial charge in [0.05, 0.1) is 6.10 Å². The van der Waals surface area contributed by atoms with E-state index >= 15 is 0 Å². The molecule has 0 saturated heterocycles. The highest BCUT2D eigenvalue weighted by Crippen LogP contribution is 1.94. The smallest absolute Gasteiger partial charge is 0.323 e. The highest BCUT2D eigenvalue weighted by molar-refractivity contribution is 5.74. The molecule has 0 heterocycles. The summed E-state index contributed by atoms with van der Waals surface area (Å²) in [5.74, 6) is -1.02. The Kier molecular flexibility index (Phi) is 4.07. The van der Waals surface area contributed by atoms with E-state index in [0.29, 0.717) is 0 Å². The number of rotatable bonds is 4. The van der Waals surface area contributed by atoms with Crippen LogP contribution in [-0.4, -0.2) is 34.4 Å². The van der Waals surface area contributed by atoms with E-state index in [0.717, 1.165) is 0 Å². The monoisotopic (exact) mass is 161 g/mol. The number of carbonyl (C=O) groups is 1. The van der Waals surface area contributed by atoms with E-state index in [4.69, 9.17) is 10.2 Å². The molecule has 2 atom stereocenters. The maximum atomic E-state index is 10.5. The minimum absolute atomic E-state index is 0.0608. The van der Waals surface area contributed by atoms with Gasteiger partial charge in [-0.15, -0.1) is 0 Å². The van der Waals surface area contributed by atoms with E-state index in [1.807, 2.05) is 13.8 Å². The van der Waals surface area contributed by atoms with Gasteiger partial charge in [-0.2, -0.15) is 0 Å². The van der Waals surface area contributed by atoms with Crippen molar-refractivity contribution in [3.8, 4) is 0 Å². The van der Waals surface area contributed by atoms with Gasteiger partial charge in [-0.25, -0.2) is 0 Å². The Morgan fingerprint density at radius 1 is 1.36 bits per heavy atom. The Bertz CT molecular complexity index is 134. The average molecular weight is 161 g/mol. The second kappa shape index (κ2) is 4.31. The lowest BCUT2D eigenvalue weighted by Crippen LogP contribution is -2.47. The molecule has 0 amide bonds. The summed E-state index contributed by atoms with van der Waals surface area (Å²) in [5.41, 5.74) is 0. The number of hydrogen-bond donors (Lipinski definition) is 3. The number of aliphatic hydroxyl groups is 1. The van der Waals surface area contributed by atoms with Gasteiger partial charge in [0, 0.05) is 6.04 Å². The third-order valence-electron chi connectivity index (χ3n) is 1.26. The first-order valence-corrected chi connectivity index (χ1v) is 3.62. The lowest BCUT2D eigenvalue weighted by Gasteiger charge is -2.19. The van der Waals surface area contributed by atoms with Gasteiger partial charge in [-0.3, -0.25) is 4.79 Å². The Morgan fingerprint density at radius 3 is 1.91 bits per heavy atom. The molecule has 4 heteroatoms. The zero-order valence-electron chi connectivity index (χ0n) is 7.03. The fourth-order valence-corrected chi connectivity index (χ4v) is 0.776. The zero-order valence-corrected chi connectivity index (χ0v) is 7.03. The molecule has 0 aliphatic carbocycles. The molecule has 0 rings (SSSR count). The van der Waals surface area contributed by atoms with Crippen LogP contribution in [0.3, 0.4) is 0 Å². The van der Waals surface area contributed by atoms with Gasteiger partial charge in [0.25, 0.3) is 0 Å². The third kappa shape index (κ3) is 3.95. The summed E-state index contributed by atoms with van der Waals surface area (Å²) in [6, 6.07) is -0.805. The quantitative estimate of drug-likeness (QED) is 0.535.